The number of amides is 1. The van der Waals surface area contributed by atoms with Crippen molar-refractivity contribution in [1.29, 1.82) is 0 Å². The van der Waals surface area contributed by atoms with Crippen LogP contribution in [0.1, 0.15) is 18.4 Å². The van der Waals surface area contributed by atoms with Gasteiger partial charge in [-0.3, -0.25) is 4.79 Å². The molecule has 0 bridgehead atoms. The summed E-state index contributed by atoms with van der Waals surface area (Å²) in [6.07, 6.45) is 2.77. The summed E-state index contributed by atoms with van der Waals surface area (Å²) in [6, 6.07) is 5.44. The van der Waals surface area contributed by atoms with Crippen molar-refractivity contribution >= 4 is 29.1 Å². The summed E-state index contributed by atoms with van der Waals surface area (Å²) >= 11 is 11.9. The van der Waals surface area contributed by atoms with Crippen LogP contribution in [0.2, 0.25) is 10.0 Å². The molecule has 1 fully saturated rings. The molecule has 0 spiro atoms. The van der Waals surface area contributed by atoms with Crippen molar-refractivity contribution in [2.75, 3.05) is 19.6 Å². The minimum absolute atomic E-state index is 0.106. The Balaban J connectivity index is 1.78. The molecule has 1 aromatic carbocycles. The van der Waals surface area contributed by atoms with E-state index in [1.807, 2.05) is 12.1 Å². The minimum Gasteiger partial charge on any atom is -0.355 e. The molecule has 0 aromatic heterocycles. The fourth-order valence-corrected chi connectivity index (χ4v) is 2.77. The van der Waals surface area contributed by atoms with Gasteiger partial charge in [0.25, 0.3) is 0 Å². The number of halogens is 2. The quantitative estimate of drug-likeness (QED) is 0.897. The van der Waals surface area contributed by atoms with E-state index in [4.69, 9.17) is 23.2 Å². The molecular formula is C14H18Cl2N2O. The summed E-state index contributed by atoms with van der Waals surface area (Å²) in [5.41, 5.74) is 1.01. The van der Waals surface area contributed by atoms with E-state index < -0.39 is 0 Å². The maximum Gasteiger partial charge on any atom is 0.224 e. The van der Waals surface area contributed by atoms with Crippen LogP contribution in [0.15, 0.2) is 18.2 Å². The van der Waals surface area contributed by atoms with Gasteiger partial charge in [0, 0.05) is 23.1 Å². The van der Waals surface area contributed by atoms with E-state index in [2.05, 4.69) is 10.6 Å². The molecule has 0 aliphatic carbocycles. The molecule has 5 heteroatoms. The van der Waals surface area contributed by atoms with Crippen LogP contribution in [0.5, 0.6) is 0 Å². The van der Waals surface area contributed by atoms with Crippen LogP contribution in [-0.2, 0) is 11.2 Å². The van der Waals surface area contributed by atoms with Gasteiger partial charge in [0.2, 0.25) is 5.91 Å². The number of hydrogen-bond acceptors (Lipinski definition) is 2. The Morgan fingerprint density at radius 3 is 2.95 bits per heavy atom. The lowest BCUT2D eigenvalue weighted by Crippen LogP contribution is -2.41. The molecule has 0 saturated carbocycles. The molecule has 1 amide bonds. The summed E-state index contributed by atoms with van der Waals surface area (Å²) in [4.78, 5) is 11.9. The molecular weight excluding hydrogens is 283 g/mol. The topological polar surface area (TPSA) is 41.1 Å². The fourth-order valence-electron chi connectivity index (χ4n) is 2.26. The van der Waals surface area contributed by atoms with Crippen LogP contribution in [0.4, 0.5) is 0 Å². The van der Waals surface area contributed by atoms with E-state index in [1.165, 1.54) is 0 Å². The zero-order chi connectivity index (χ0) is 13.7. The lowest BCUT2D eigenvalue weighted by molar-refractivity contribution is -0.125. The summed E-state index contributed by atoms with van der Waals surface area (Å²) in [5.74, 6) is 0.242. The molecule has 1 heterocycles. The highest BCUT2D eigenvalue weighted by molar-refractivity contribution is 6.35. The van der Waals surface area contributed by atoms with E-state index >= 15 is 0 Å². The number of hydrogen-bond donors (Lipinski definition) is 2. The number of benzene rings is 1. The highest BCUT2D eigenvalue weighted by Crippen LogP contribution is 2.21. The van der Waals surface area contributed by atoms with E-state index in [-0.39, 0.29) is 11.8 Å². The Hall–Kier alpha value is -0.770. The Bertz CT molecular complexity index is 445. The van der Waals surface area contributed by atoms with E-state index in [0.29, 0.717) is 16.6 Å². The Labute approximate surface area is 123 Å². The highest BCUT2D eigenvalue weighted by Gasteiger charge is 2.20. The van der Waals surface area contributed by atoms with E-state index in [0.717, 1.165) is 37.9 Å². The van der Waals surface area contributed by atoms with Gasteiger partial charge in [0.1, 0.15) is 0 Å². The first-order chi connectivity index (χ1) is 9.16. The second kappa shape index (κ2) is 7.13. The number of rotatable bonds is 4. The first kappa shape index (κ1) is 14.6. The molecule has 104 valence electrons. The molecule has 1 atom stereocenters. The van der Waals surface area contributed by atoms with Crippen molar-refractivity contribution in [2.24, 2.45) is 5.92 Å². The van der Waals surface area contributed by atoms with Gasteiger partial charge in [-0.05, 0) is 43.5 Å². The number of piperidine rings is 1. The van der Waals surface area contributed by atoms with Gasteiger partial charge < -0.3 is 10.6 Å². The maximum atomic E-state index is 11.9. The Morgan fingerprint density at radius 2 is 2.26 bits per heavy atom. The Morgan fingerprint density at radius 1 is 1.42 bits per heavy atom. The molecule has 3 nitrogen and oxygen atoms in total. The molecule has 1 saturated heterocycles. The van der Waals surface area contributed by atoms with Gasteiger partial charge >= 0.3 is 0 Å². The monoisotopic (exact) mass is 300 g/mol. The smallest absolute Gasteiger partial charge is 0.224 e. The first-order valence-corrected chi connectivity index (χ1v) is 7.35. The highest BCUT2D eigenvalue weighted by atomic mass is 35.5. The standard InChI is InChI=1S/C14H18Cl2N2O/c15-12-4-3-10(13(16)8-12)5-7-18-14(19)11-2-1-6-17-9-11/h3-4,8,11,17H,1-2,5-7,9H2,(H,18,19)/t11-/m1/s1. The van der Waals surface area contributed by atoms with Gasteiger partial charge in [0.15, 0.2) is 0 Å². The van der Waals surface area contributed by atoms with Gasteiger partial charge in [-0.1, -0.05) is 29.3 Å². The molecule has 1 aliphatic heterocycles. The lowest BCUT2D eigenvalue weighted by atomic mass is 9.99. The number of carbonyl (C=O) groups is 1. The summed E-state index contributed by atoms with van der Waals surface area (Å²) in [6.45, 7) is 2.41. The predicted molar refractivity (Wildman–Crippen MR) is 78.8 cm³/mol. The van der Waals surface area contributed by atoms with Gasteiger partial charge in [0.05, 0.1) is 5.92 Å². The molecule has 2 N–H and O–H groups in total. The van der Waals surface area contributed by atoms with Crippen molar-refractivity contribution in [1.82, 2.24) is 10.6 Å². The van der Waals surface area contributed by atoms with E-state index in [1.54, 1.807) is 6.07 Å². The fraction of sp³-hybridized carbons (Fsp3) is 0.500. The van der Waals surface area contributed by atoms with Crippen LogP contribution in [0.3, 0.4) is 0 Å². The van der Waals surface area contributed by atoms with Crippen molar-refractivity contribution in [3.8, 4) is 0 Å². The molecule has 1 aliphatic rings. The van der Waals surface area contributed by atoms with Crippen molar-refractivity contribution in [3.63, 3.8) is 0 Å². The number of nitrogens with one attached hydrogen (secondary N) is 2. The SMILES string of the molecule is O=C(NCCc1ccc(Cl)cc1Cl)[C@@H]1CCCNC1. The lowest BCUT2D eigenvalue weighted by Gasteiger charge is -2.21. The van der Waals surface area contributed by atoms with Gasteiger partial charge in [-0.25, -0.2) is 0 Å². The second-order valence-electron chi connectivity index (χ2n) is 4.82. The van der Waals surface area contributed by atoms with Crippen molar-refractivity contribution < 1.29 is 4.79 Å². The molecule has 1 aromatic rings. The largest absolute Gasteiger partial charge is 0.355 e. The van der Waals surface area contributed by atoms with Crippen LogP contribution in [0, 0.1) is 5.92 Å². The van der Waals surface area contributed by atoms with Gasteiger partial charge in [-0.2, -0.15) is 0 Å². The molecule has 19 heavy (non-hydrogen) atoms. The maximum absolute atomic E-state index is 11.9. The molecule has 0 unspecified atom stereocenters. The van der Waals surface area contributed by atoms with E-state index in [9.17, 15) is 4.79 Å². The minimum atomic E-state index is 0.106. The average molecular weight is 301 g/mol. The van der Waals surface area contributed by atoms with Crippen LogP contribution in [0.25, 0.3) is 0 Å². The normalized spacial score (nSPS) is 19.2. The van der Waals surface area contributed by atoms with Crippen LogP contribution in [-0.4, -0.2) is 25.5 Å². The summed E-state index contributed by atoms with van der Waals surface area (Å²) in [5, 5.41) is 7.50. The van der Waals surface area contributed by atoms with Crippen LogP contribution >= 0.6 is 23.2 Å². The zero-order valence-electron chi connectivity index (χ0n) is 10.7. The molecule has 2 rings (SSSR count). The van der Waals surface area contributed by atoms with Crippen molar-refractivity contribution in [3.05, 3.63) is 33.8 Å². The third kappa shape index (κ3) is 4.37. The average Bonchev–Trinajstić information content (AvgIpc) is 2.42. The first-order valence-electron chi connectivity index (χ1n) is 6.59. The third-order valence-electron chi connectivity index (χ3n) is 3.38. The molecule has 0 radical (unpaired) electrons. The summed E-state index contributed by atoms with van der Waals surface area (Å²) < 4.78 is 0. The second-order valence-corrected chi connectivity index (χ2v) is 5.66. The zero-order valence-corrected chi connectivity index (χ0v) is 12.2. The summed E-state index contributed by atoms with van der Waals surface area (Å²) in [7, 11) is 0. The van der Waals surface area contributed by atoms with Crippen LogP contribution < -0.4 is 10.6 Å². The Kier molecular flexibility index (Phi) is 5.49. The third-order valence-corrected chi connectivity index (χ3v) is 3.96. The van der Waals surface area contributed by atoms with Gasteiger partial charge in [-0.15, -0.1) is 0 Å². The predicted octanol–water partition coefficient (Wildman–Crippen LogP) is 2.65. The van der Waals surface area contributed by atoms with Crippen molar-refractivity contribution in [2.45, 2.75) is 19.3 Å². The number of carbonyl (C=O) groups excluding carboxylic acids is 1.